The highest BCUT2D eigenvalue weighted by Crippen LogP contribution is 2.60. The van der Waals surface area contributed by atoms with Crippen LogP contribution in [0.25, 0.3) is 0 Å². The molecule has 0 atom stereocenters. The number of hydrogen-bond acceptors (Lipinski definition) is 7. The van der Waals surface area contributed by atoms with Crippen LogP contribution in [0.2, 0.25) is 0 Å². The topological polar surface area (TPSA) is 52.1 Å². The minimum Gasteiger partial charge on any atom is -0.465 e. The maximum Gasteiger partial charge on any atom is 0.460 e. The molecular weight excluding hydrogens is 559 g/mol. The van der Waals surface area contributed by atoms with Crippen LogP contribution in [0.1, 0.15) is 12.8 Å². The summed E-state index contributed by atoms with van der Waals surface area (Å²) in [6, 6.07) is 0. The Morgan fingerprint density at radius 2 is 1.36 bits per heavy atom. The molecule has 0 saturated heterocycles. The number of carbonyl (C=O) groups excluding carboxylic acids is 1. The summed E-state index contributed by atoms with van der Waals surface area (Å²) in [5.41, 5.74) is 0. The summed E-state index contributed by atoms with van der Waals surface area (Å²) >= 11 is 5.73. The number of nitrogens with zero attached hydrogens (tertiary/aromatic N) is 2. The third-order valence-corrected chi connectivity index (χ3v) is 5.83. The van der Waals surface area contributed by atoms with Crippen LogP contribution in [0.3, 0.4) is 0 Å². The van der Waals surface area contributed by atoms with E-state index >= 15 is 0 Å². The second-order valence-electron chi connectivity index (χ2n) is 5.92. The summed E-state index contributed by atoms with van der Waals surface area (Å²) in [5.74, 6) is -38.7. The molecule has 0 aromatic carbocycles. The number of thiol groups is 1. The number of thioether (sulfide) groups is 1. The lowest BCUT2D eigenvalue weighted by Crippen LogP contribution is -2.70. The average Bonchev–Trinajstić information content (AvgIpc) is 3.05. The van der Waals surface area contributed by atoms with Crippen molar-refractivity contribution in [3.63, 3.8) is 0 Å². The van der Waals surface area contributed by atoms with Gasteiger partial charge in [-0.1, -0.05) is 23.1 Å². The molecule has 192 valence electrons. The van der Waals surface area contributed by atoms with Crippen LogP contribution in [0.15, 0.2) is 8.68 Å². The van der Waals surface area contributed by atoms with Gasteiger partial charge in [-0.15, -0.1) is 22.8 Å². The Balaban J connectivity index is 2.79. The number of rotatable bonds is 11. The second-order valence-corrected chi connectivity index (χ2v) is 8.96. The molecule has 0 radical (unpaired) electrons. The van der Waals surface area contributed by atoms with E-state index < -0.39 is 61.2 Å². The summed E-state index contributed by atoms with van der Waals surface area (Å²) in [6.07, 6.45) is -10.6. The Kier molecular flexibility index (Phi) is 8.89. The van der Waals surface area contributed by atoms with Crippen LogP contribution in [0.4, 0.5) is 57.1 Å². The third-order valence-electron chi connectivity index (χ3n) is 3.61. The van der Waals surface area contributed by atoms with E-state index in [9.17, 15) is 61.9 Å². The highest BCUT2D eigenvalue weighted by Gasteiger charge is 2.90. The minimum absolute atomic E-state index is 0.107. The Morgan fingerprint density at radius 3 is 1.82 bits per heavy atom. The molecule has 1 heterocycles. The normalized spacial score (nSPS) is 14.5. The Bertz CT molecular complexity index is 829. The van der Waals surface area contributed by atoms with Gasteiger partial charge in [-0.05, 0) is 0 Å². The minimum atomic E-state index is -7.96. The standard InChI is InChI=1S/C13H9F13N2O2S3/c14-8(15,2-3-30-5(29)1-4-32-7-28-27-6(31)33-7)9(16,17)10(18,19)11(20,21)12(22,23)13(24,25)26/h1-4H2,(H,27,31). The van der Waals surface area contributed by atoms with Gasteiger partial charge >= 0.3 is 41.8 Å². The van der Waals surface area contributed by atoms with E-state index in [1.807, 2.05) is 0 Å². The van der Waals surface area contributed by atoms with Crippen LogP contribution in [-0.2, 0) is 9.53 Å². The van der Waals surface area contributed by atoms with Gasteiger partial charge in [0, 0.05) is 5.75 Å². The summed E-state index contributed by atoms with van der Waals surface area (Å²) in [6.45, 7) is -1.77. The smallest absolute Gasteiger partial charge is 0.460 e. The van der Waals surface area contributed by atoms with Gasteiger partial charge in [-0.25, -0.2) is 0 Å². The van der Waals surface area contributed by atoms with Gasteiger partial charge < -0.3 is 4.74 Å². The number of carbonyl (C=O) groups is 1. The van der Waals surface area contributed by atoms with Crippen molar-refractivity contribution >= 4 is 41.7 Å². The summed E-state index contributed by atoms with van der Waals surface area (Å²) in [4.78, 5) is 11.4. The summed E-state index contributed by atoms with van der Waals surface area (Å²) in [5, 5.41) is 7.07. The quantitative estimate of drug-likeness (QED) is 0.154. The van der Waals surface area contributed by atoms with Gasteiger partial charge in [-0.3, -0.25) is 4.79 Å². The van der Waals surface area contributed by atoms with Crippen molar-refractivity contribution in [2.75, 3.05) is 12.4 Å². The van der Waals surface area contributed by atoms with E-state index in [0.717, 1.165) is 23.1 Å². The first-order valence-electron chi connectivity index (χ1n) is 7.88. The van der Waals surface area contributed by atoms with E-state index in [2.05, 4.69) is 27.6 Å². The van der Waals surface area contributed by atoms with Crippen molar-refractivity contribution in [2.45, 2.75) is 57.3 Å². The Labute approximate surface area is 188 Å². The number of alkyl halides is 13. The fourth-order valence-electron chi connectivity index (χ4n) is 1.81. The SMILES string of the molecule is O=C(CCSc1nnc(S)s1)OCCC(F)(F)C(F)(F)C(F)(F)C(F)(F)C(F)(F)C(F)(F)F. The number of hydrogen-bond donors (Lipinski definition) is 1. The molecule has 0 aliphatic carbocycles. The lowest BCUT2D eigenvalue weighted by atomic mass is 9.93. The van der Waals surface area contributed by atoms with Crippen molar-refractivity contribution in [1.29, 1.82) is 0 Å². The van der Waals surface area contributed by atoms with Crippen LogP contribution in [-0.4, -0.2) is 64.3 Å². The fourth-order valence-corrected chi connectivity index (χ4v) is 3.88. The first-order chi connectivity index (χ1) is 14.6. The zero-order valence-corrected chi connectivity index (χ0v) is 17.7. The largest absolute Gasteiger partial charge is 0.465 e. The lowest BCUT2D eigenvalue weighted by Gasteiger charge is -2.39. The molecule has 0 unspecified atom stereocenters. The summed E-state index contributed by atoms with van der Waals surface area (Å²) in [7, 11) is 0. The molecular formula is C13H9F13N2O2S3. The molecule has 0 aliphatic heterocycles. The first-order valence-corrected chi connectivity index (χ1v) is 10.1. The van der Waals surface area contributed by atoms with Crippen molar-refractivity contribution < 1.29 is 66.6 Å². The molecule has 0 bridgehead atoms. The molecule has 0 saturated carbocycles. The highest BCUT2D eigenvalue weighted by molar-refractivity contribution is 8.01. The lowest BCUT2D eigenvalue weighted by molar-refractivity contribution is -0.440. The van der Waals surface area contributed by atoms with Crippen LogP contribution in [0, 0.1) is 0 Å². The van der Waals surface area contributed by atoms with Gasteiger partial charge in [0.2, 0.25) is 0 Å². The Morgan fingerprint density at radius 1 is 0.848 bits per heavy atom. The molecule has 1 aromatic heterocycles. The average molecular weight is 568 g/mol. The Hall–Kier alpha value is -1.18. The molecule has 0 aliphatic rings. The molecule has 1 aromatic rings. The number of halogens is 13. The van der Waals surface area contributed by atoms with Gasteiger partial charge in [0.1, 0.15) is 0 Å². The fraction of sp³-hybridized carbons (Fsp3) is 0.769. The van der Waals surface area contributed by atoms with Crippen LogP contribution in [0.5, 0.6) is 0 Å². The molecule has 0 spiro atoms. The van der Waals surface area contributed by atoms with E-state index in [1.54, 1.807) is 0 Å². The highest BCUT2D eigenvalue weighted by atomic mass is 32.2. The maximum absolute atomic E-state index is 13.5. The maximum atomic E-state index is 13.5. The predicted molar refractivity (Wildman–Crippen MR) is 88.9 cm³/mol. The molecule has 0 fully saturated rings. The molecule has 33 heavy (non-hydrogen) atoms. The second kappa shape index (κ2) is 9.82. The summed E-state index contributed by atoms with van der Waals surface area (Å²) < 4.78 is 173. The molecule has 1 rings (SSSR count). The van der Waals surface area contributed by atoms with Gasteiger partial charge in [0.15, 0.2) is 8.68 Å². The zero-order chi connectivity index (χ0) is 26.1. The van der Waals surface area contributed by atoms with E-state index in [1.165, 1.54) is 0 Å². The number of ether oxygens (including phenoxy) is 1. The van der Waals surface area contributed by atoms with Gasteiger partial charge in [0.25, 0.3) is 0 Å². The van der Waals surface area contributed by atoms with Crippen molar-refractivity contribution in [3.8, 4) is 0 Å². The van der Waals surface area contributed by atoms with Crippen molar-refractivity contribution in [3.05, 3.63) is 0 Å². The van der Waals surface area contributed by atoms with E-state index in [0.29, 0.717) is 4.34 Å². The van der Waals surface area contributed by atoms with E-state index in [4.69, 9.17) is 0 Å². The molecule has 0 amide bonds. The monoisotopic (exact) mass is 568 g/mol. The molecule has 0 N–H and O–H groups in total. The third kappa shape index (κ3) is 5.91. The van der Waals surface area contributed by atoms with Gasteiger partial charge in [-0.2, -0.15) is 57.1 Å². The van der Waals surface area contributed by atoms with Crippen LogP contribution < -0.4 is 0 Å². The predicted octanol–water partition coefficient (Wildman–Crippen LogP) is 5.98. The van der Waals surface area contributed by atoms with Crippen molar-refractivity contribution in [2.24, 2.45) is 0 Å². The first kappa shape index (κ1) is 29.9. The molecule has 4 nitrogen and oxygen atoms in total. The number of esters is 1. The molecule has 20 heteroatoms. The van der Waals surface area contributed by atoms with Gasteiger partial charge in [0.05, 0.1) is 19.4 Å². The number of aromatic nitrogens is 2. The van der Waals surface area contributed by atoms with Crippen LogP contribution >= 0.6 is 35.7 Å². The van der Waals surface area contributed by atoms with Crippen molar-refractivity contribution in [1.82, 2.24) is 10.2 Å². The van der Waals surface area contributed by atoms with E-state index in [-0.39, 0.29) is 10.1 Å². The zero-order valence-electron chi connectivity index (χ0n) is 15.2.